The summed E-state index contributed by atoms with van der Waals surface area (Å²) in [6.07, 6.45) is -5.36. The van der Waals surface area contributed by atoms with Gasteiger partial charge in [-0.05, 0) is 13.0 Å². The van der Waals surface area contributed by atoms with Crippen molar-refractivity contribution < 1.29 is 37.2 Å². The van der Waals surface area contributed by atoms with E-state index in [9.17, 15) is 38.0 Å². The number of carbonyl (C=O) groups excluding carboxylic acids is 2. The number of hydrogen-bond acceptors (Lipinski definition) is 6. The molecule has 0 unspecified atom stereocenters. The van der Waals surface area contributed by atoms with E-state index in [0.29, 0.717) is 0 Å². The summed E-state index contributed by atoms with van der Waals surface area (Å²) in [6.45, 7) is 0.783. The van der Waals surface area contributed by atoms with Gasteiger partial charge in [-0.15, -0.1) is 0 Å². The highest BCUT2D eigenvalue weighted by Gasteiger charge is 2.66. The number of urea groups is 1. The van der Waals surface area contributed by atoms with Crippen LogP contribution in [0.5, 0.6) is 0 Å². The van der Waals surface area contributed by atoms with Gasteiger partial charge in [-0.25, -0.2) is 4.79 Å². The maximum Gasteiger partial charge on any atom is 0.437 e. The fourth-order valence-corrected chi connectivity index (χ4v) is 2.37. The second-order valence-corrected chi connectivity index (χ2v) is 4.86. The van der Waals surface area contributed by atoms with Crippen molar-refractivity contribution in [2.45, 2.75) is 24.9 Å². The Morgan fingerprint density at radius 2 is 2.09 bits per heavy atom. The predicted molar refractivity (Wildman–Crippen MR) is 64.9 cm³/mol. The van der Waals surface area contributed by atoms with Crippen LogP contribution in [0.2, 0.25) is 0 Å². The molecular formula is C11H10F3N3O6. The average Bonchev–Trinajstić information content (AvgIpc) is 2.85. The van der Waals surface area contributed by atoms with Crippen molar-refractivity contribution in [3.63, 3.8) is 0 Å². The molecule has 1 aromatic rings. The first-order valence-corrected chi connectivity index (χ1v) is 6.09. The average molecular weight is 337 g/mol. The largest absolute Gasteiger partial charge is 0.437 e. The first kappa shape index (κ1) is 16.7. The minimum Gasteiger partial charge on any atom is -0.404 e. The topological polar surface area (TPSA) is 135 Å². The van der Waals surface area contributed by atoms with Crippen LogP contribution in [0, 0.1) is 16.0 Å². The minimum absolute atomic E-state index is 0.463. The quantitative estimate of drug-likeness (QED) is 0.556. The zero-order valence-electron chi connectivity index (χ0n) is 11.4. The molecule has 0 bridgehead atoms. The lowest BCUT2D eigenvalue weighted by molar-refractivity contribution is -0.402. The zero-order valence-corrected chi connectivity index (χ0v) is 11.4. The number of ketones is 1. The van der Waals surface area contributed by atoms with Crippen LogP contribution >= 0.6 is 0 Å². The van der Waals surface area contributed by atoms with E-state index in [4.69, 9.17) is 4.42 Å². The summed E-state index contributed by atoms with van der Waals surface area (Å²) < 4.78 is 44.2. The Bertz CT molecular complexity index is 672. The molecule has 2 amide bonds. The maximum atomic E-state index is 13.1. The van der Waals surface area contributed by atoms with E-state index in [0.717, 1.165) is 19.1 Å². The molecule has 1 aromatic heterocycles. The molecule has 1 fully saturated rings. The number of hydrogen-bond donors (Lipinski definition) is 3. The molecule has 12 heteroatoms. The van der Waals surface area contributed by atoms with Gasteiger partial charge in [0.25, 0.3) is 0 Å². The van der Waals surface area contributed by atoms with Gasteiger partial charge < -0.3 is 20.2 Å². The molecule has 0 aromatic carbocycles. The van der Waals surface area contributed by atoms with Gasteiger partial charge in [0.1, 0.15) is 28.4 Å². The lowest BCUT2D eigenvalue weighted by Gasteiger charge is -2.43. The van der Waals surface area contributed by atoms with E-state index >= 15 is 0 Å². The second-order valence-electron chi connectivity index (χ2n) is 4.86. The van der Waals surface area contributed by atoms with Gasteiger partial charge in [0, 0.05) is 0 Å². The molecule has 1 aliphatic heterocycles. The van der Waals surface area contributed by atoms with Crippen LogP contribution in [-0.2, 0) is 4.79 Å². The fourth-order valence-electron chi connectivity index (χ4n) is 2.37. The molecule has 0 saturated carbocycles. The van der Waals surface area contributed by atoms with Crippen LogP contribution in [0.15, 0.2) is 16.5 Å². The number of rotatable bonds is 3. The molecule has 2 rings (SSSR count). The standard InChI is InChI=1S/C11H10F3N3O6/c1-4(18)7-8(5-2-3-6(23-5)17(21)22)15-9(19)16-10(7,20)11(12,13)14/h2-3,7-8,20H,1H3,(H2,15,16,19)/t7-,8-,10+/m0/s1. The third kappa shape index (κ3) is 2.72. The molecule has 3 N–H and O–H groups in total. The summed E-state index contributed by atoms with van der Waals surface area (Å²) >= 11 is 0. The number of amides is 2. The third-order valence-electron chi connectivity index (χ3n) is 3.34. The van der Waals surface area contributed by atoms with Crippen LogP contribution in [0.25, 0.3) is 0 Å². The zero-order chi connectivity index (χ0) is 17.6. The summed E-state index contributed by atoms with van der Waals surface area (Å²) in [5, 5.41) is 23.7. The first-order chi connectivity index (χ1) is 10.5. The Hall–Kier alpha value is -2.63. The van der Waals surface area contributed by atoms with Crippen LogP contribution in [0.3, 0.4) is 0 Å². The van der Waals surface area contributed by atoms with Gasteiger partial charge >= 0.3 is 18.1 Å². The summed E-state index contributed by atoms with van der Waals surface area (Å²) in [4.78, 5) is 32.8. The van der Waals surface area contributed by atoms with E-state index in [1.54, 1.807) is 0 Å². The SMILES string of the molecule is CC(=O)[C@H]1[C@H](c2ccc([N+](=O)[O-])o2)NC(=O)N[C@]1(O)C(F)(F)F. The van der Waals surface area contributed by atoms with Crippen molar-refractivity contribution in [2.75, 3.05) is 0 Å². The Kier molecular flexibility index (Phi) is 3.80. The summed E-state index contributed by atoms with van der Waals surface area (Å²) in [5.41, 5.74) is -3.84. The summed E-state index contributed by atoms with van der Waals surface area (Å²) in [5.74, 6) is -4.56. The molecule has 0 radical (unpaired) electrons. The molecule has 126 valence electrons. The predicted octanol–water partition coefficient (Wildman–Crippen LogP) is 0.998. The number of nitrogens with one attached hydrogen (secondary N) is 2. The van der Waals surface area contributed by atoms with Gasteiger partial charge in [-0.3, -0.25) is 14.9 Å². The van der Waals surface area contributed by atoms with Crippen molar-refractivity contribution in [2.24, 2.45) is 5.92 Å². The maximum absolute atomic E-state index is 13.1. The monoisotopic (exact) mass is 337 g/mol. The Morgan fingerprint density at radius 1 is 1.48 bits per heavy atom. The number of halogens is 3. The molecule has 2 heterocycles. The molecule has 0 spiro atoms. The van der Waals surface area contributed by atoms with Crippen LogP contribution in [-0.4, -0.2) is 33.7 Å². The van der Waals surface area contributed by atoms with Crippen LogP contribution < -0.4 is 10.6 Å². The van der Waals surface area contributed by atoms with Gasteiger partial charge in [0.05, 0.1) is 6.07 Å². The van der Waals surface area contributed by atoms with E-state index in [1.165, 1.54) is 5.32 Å². The van der Waals surface area contributed by atoms with Crippen molar-refractivity contribution in [3.8, 4) is 0 Å². The van der Waals surface area contributed by atoms with Gasteiger partial charge in [-0.2, -0.15) is 13.2 Å². The molecule has 1 saturated heterocycles. The highest BCUT2D eigenvalue weighted by Crippen LogP contribution is 2.43. The van der Waals surface area contributed by atoms with Gasteiger partial charge in [0.2, 0.25) is 5.72 Å². The summed E-state index contributed by atoms with van der Waals surface area (Å²) in [7, 11) is 0. The molecule has 1 aliphatic rings. The van der Waals surface area contributed by atoms with E-state index in [2.05, 4.69) is 0 Å². The van der Waals surface area contributed by atoms with E-state index in [1.807, 2.05) is 5.32 Å². The van der Waals surface area contributed by atoms with Gasteiger partial charge in [0.15, 0.2) is 0 Å². The normalized spacial score (nSPS) is 28.0. The van der Waals surface area contributed by atoms with E-state index < -0.39 is 52.2 Å². The minimum atomic E-state index is -5.36. The van der Waals surface area contributed by atoms with Crippen molar-refractivity contribution in [1.82, 2.24) is 10.6 Å². The lowest BCUT2D eigenvalue weighted by atomic mass is 9.81. The highest BCUT2D eigenvalue weighted by molar-refractivity contribution is 5.85. The Labute approximate surface area is 125 Å². The van der Waals surface area contributed by atoms with Crippen molar-refractivity contribution >= 4 is 17.7 Å². The molecule has 23 heavy (non-hydrogen) atoms. The molecule has 9 nitrogen and oxygen atoms in total. The summed E-state index contributed by atoms with van der Waals surface area (Å²) in [6, 6.07) is -1.35. The van der Waals surface area contributed by atoms with E-state index in [-0.39, 0.29) is 0 Å². The second kappa shape index (κ2) is 5.22. The Balaban J connectivity index is 2.53. The number of nitro groups is 1. The molecule has 0 aliphatic carbocycles. The lowest BCUT2D eigenvalue weighted by Crippen LogP contribution is -2.72. The number of alkyl halides is 3. The third-order valence-corrected chi connectivity index (χ3v) is 3.34. The number of nitrogens with zero attached hydrogens (tertiary/aromatic N) is 1. The van der Waals surface area contributed by atoms with Crippen molar-refractivity contribution in [1.29, 1.82) is 0 Å². The smallest absolute Gasteiger partial charge is 0.404 e. The highest BCUT2D eigenvalue weighted by atomic mass is 19.4. The fraction of sp³-hybridized carbons (Fsp3) is 0.455. The van der Waals surface area contributed by atoms with Gasteiger partial charge in [-0.1, -0.05) is 0 Å². The number of furan rings is 1. The molecule has 3 atom stereocenters. The number of Topliss-reactive ketones (excluding diaryl/α,β-unsaturated/α-hetero) is 1. The van der Waals surface area contributed by atoms with Crippen LogP contribution in [0.4, 0.5) is 23.8 Å². The van der Waals surface area contributed by atoms with Crippen LogP contribution in [0.1, 0.15) is 18.7 Å². The Morgan fingerprint density at radius 3 is 2.52 bits per heavy atom. The first-order valence-electron chi connectivity index (χ1n) is 6.09. The number of carbonyl (C=O) groups is 2. The molecular weight excluding hydrogens is 327 g/mol. The number of aliphatic hydroxyl groups is 1. The van der Waals surface area contributed by atoms with Crippen molar-refractivity contribution in [3.05, 3.63) is 28.0 Å².